The van der Waals surface area contributed by atoms with Crippen molar-refractivity contribution in [2.75, 3.05) is 32.4 Å². The van der Waals surface area contributed by atoms with E-state index in [0.29, 0.717) is 27.5 Å². The molecule has 0 aliphatic carbocycles. The smallest absolute Gasteiger partial charge is 0.364 e. The minimum absolute atomic E-state index is 0.0312. The van der Waals surface area contributed by atoms with Gasteiger partial charge in [-0.1, -0.05) is 74.4 Å². The van der Waals surface area contributed by atoms with E-state index < -0.39 is 70.0 Å². The molecular weight excluding hydrogens is 602 g/mol. The van der Waals surface area contributed by atoms with Crippen LogP contribution in [-0.4, -0.2) is 52.6 Å². The Kier molecular flexibility index (Phi) is 11.6. The van der Waals surface area contributed by atoms with E-state index >= 15 is 0 Å². The second-order valence-corrected chi connectivity index (χ2v) is 14.3. The van der Waals surface area contributed by atoms with E-state index in [1.165, 1.54) is 0 Å². The molecule has 0 aliphatic heterocycles. The van der Waals surface area contributed by atoms with Crippen molar-refractivity contribution in [3.05, 3.63) is 91.0 Å². The zero-order valence-electron chi connectivity index (χ0n) is 23.0. The predicted molar refractivity (Wildman–Crippen MR) is 151 cm³/mol. The third kappa shape index (κ3) is 6.82. The molecule has 0 spiro atoms. The molecule has 0 saturated carbocycles. The van der Waals surface area contributed by atoms with Gasteiger partial charge >= 0.3 is 6.18 Å². The Hall–Kier alpha value is -2.54. The van der Waals surface area contributed by atoms with Crippen molar-refractivity contribution >= 4 is 20.4 Å². The summed E-state index contributed by atoms with van der Waals surface area (Å²) >= 11 is 0. The summed E-state index contributed by atoms with van der Waals surface area (Å²) < 4.78 is 127. The van der Waals surface area contributed by atoms with Crippen LogP contribution in [0.5, 0.6) is 0 Å². The predicted octanol–water partition coefficient (Wildman–Crippen LogP) is 8.63. The van der Waals surface area contributed by atoms with Crippen LogP contribution in [-0.2, 0) is 18.5 Å². The Balaban J connectivity index is 2.28. The van der Waals surface area contributed by atoms with E-state index in [2.05, 4.69) is 0 Å². The molecule has 0 saturated heterocycles. The molecule has 1 unspecified atom stereocenters. The Labute approximate surface area is 244 Å². The molecule has 1 atom stereocenters. The number of alkyl halides is 6. The fourth-order valence-electron chi connectivity index (χ4n) is 4.63. The fraction of sp³-hybridized carbons (Fsp3) is 0.400. The SMILES string of the molecule is CCCCCOC(CS(=O)(=O)OS(c1ccccc1)(c1ccccc1)c1ccccc1)(C(F)(F)F)C(CF)(CF)CF. The summed E-state index contributed by atoms with van der Waals surface area (Å²) in [5.74, 6) is -2.06. The van der Waals surface area contributed by atoms with Gasteiger partial charge in [-0.2, -0.15) is 21.6 Å². The first-order chi connectivity index (χ1) is 20.0. The molecule has 4 nitrogen and oxygen atoms in total. The highest BCUT2D eigenvalue weighted by Gasteiger charge is 2.70. The molecule has 3 aromatic carbocycles. The first-order valence-corrected chi connectivity index (χ1v) is 16.4. The van der Waals surface area contributed by atoms with Crippen LogP contribution in [0, 0.1) is 5.41 Å². The molecular formula is C30H34F6O4S2. The molecule has 0 aromatic heterocycles. The minimum Gasteiger partial charge on any atom is -0.364 e. The van der Waals surface area contributed by atoms with Crippen molar-refractivity contribution in [1.82, 2.24) is 0 Å². The van der Waals surface area contributed by atoms with Crippen LogP contribution in [0.4, 0.5) is 26.3 Å². The molecule has 0 radical (unpaired) electrons. The van der Waals surface area contributed by atoms with Gasteiger partial charge in [0, 0.05) is 21.3 Å². The molecule has 0 amide bonds. The maximum absolute atomic E-state index is 14.9. The van der Waals surface area contributed by atoms with E-state index in [0.717, 1.165) is 0 Å². The monoisotopic (exact) mass is 636 g/mol. The lowest BCUT2D eigenvalue weighted by atomic mass is 9.74. The summed E-state index contributed by atoms with van der Waals surface area (Å²) in [6, 6.07) is 24.2. The largest absolute Gasteiger partial charge is 0.419 e. The molecule has 3 aromatic rings. The van der Waals surface area contributed by atoms with Crippen molar-refractivity contribution < 1.29 is 43.1 Å². The highest BCUT2D eigenvalue weighted by Crippen LogP contribution is 2.70. The second kappa shape index (κ2) is 14.3. The van der Waals surface area contributed by atoms with Crippen LogP contribution < -0.4 is 0 Å². The minimum atomic E-state index is -5.69. The third-order valence-corrected chi connectivity index (χ3v) is 12.2. The Morgan fingerprint density at radius 2 is 1.07 bits per heavy atom. The lowest BCUT2D eigenvalue weighted by Crippen LogP contribution is -2.67. The van der Waals surface area contributed by atoms with Crippen molar-refractivity contribution in [3.63, 3.8) is 0 Å². The van der Waals surface area contributed by atoms with Crippen LogP contribution in [0.15, 0.2) is 106 Å². The molecule has 0 aliphatic rings. The quantitative estimate of drug-likeness (QED) is 0.117. The van der Waals surface area contributed by atoms with E-state index in [4.69, 9.17) is 8.37 Å². The van der Waals surface area contributed by atoms with Gasteiger partial charge in [-0.25, -0.2) is 3.63 Å². The Morgan fingerprint density at radius 3 is 1.40 bits per heavy atom. The number of halogens is 6. The summed E-state index contributed by atoms with van der Waals surface area (Å²) in [5.41, 5.74) is -7.56. The van der Waals surface area contributed by atoms with E-state index in [1.54, 1.807) is 97.9 Å². The number of hydrogen-bond acceptors (Lipinski definition) is 4. The highest BCUT2D eigenvalue weighted by molar-refractivity contribution is 8.33. The molecule has 42 heavy (non-hydrogen) atoms. The van der Waals surface area contributed by atoms with Gasteiger partial charge in [-0.3, -0.25) is 13.2 Å². The first-order valence-electron chi connectivity index (χ1n) is 13.3. The van der Waals surface area contributed by atoms with Gasteiger partial charge in [-0.05, 0) is 53.1 Å². The van der Waals surface area contributed by atoms with Crippen LogP contribution in [0.2, 0.25) is 0 Å². The summed E-state index contributed by atoms with van der Waals surface area (Å²) in [7, 11) is -8.68. The van der Waals surface area contributed by atoms with Crippen molar-refractivity contribution in [1.29, 1.82) is 0 Å². The Morgan fingerprint density at radius 1 is 0.667 bits per heavy atom. The van der Waals surface area contributed by atoms with Gasteiger partial charge < -0.3 is 4.74 Å². The van der Waals surface area contributed by atoms with Crippen molar-refractivity contribution in [2.45, 2.75) is 52.7 Å². The van der Waals surface area contributed by atoms with E-state index in [-0.39, 0.29) is 6.42 Å². The third-order valence-electron chi connectivity index (χ3n) is 6.99. The number of unbranched alkanes of at least 4 members (excludes halogenated alkanes) is 2. The summed E-state index contributed by atoms with van der Waals surface area (Å²) in [6.07, 6.45) is -4.69. The van der Waals surface area contributed by atoms with Gasteiger partial charge in [0.15, 0.2) is 5.60 Å². The Bertz CT molecular complexity index is 1230. The summed E-state index contributed by atoms with van der Waals surface area (Å²) in [5, 5.41) is 0. The van der Waals surface area contributed by atoms with E-state index in [1.807, 2.05) is 0 Å². The zero-order valence-corrected chi connectivity index (χ0v) is 24.7. The number of benzene rings is 3. The number of ether oxygens (including phenoxy) is 1. The van der Waals surface area contributed by atoms with Gasteiger partial charge in [-0.15, -0.1) is 0 Å². The zero-order chi connectivity index (χ0) is 30.9. The van der Waals surface area contributed by atoms with Crippen LogP contribution >= 0.6 is 10.3 Å². The normalized spacial score (nSPS) is 14.8. The van der Waals surface area contributed by atoms with E-state index in [9.17, 15) is 34.8 Å². The molecule has 12 heteroatoms. The highest BCUT2D eigenvalue weighted by atomic mass is 32.3. The topological polar surface area (TPSA) is 52.6 Å². The maximum Gasteiger partial charge on any atom is 0.419 e. The van der Waals surface area contributed by atoms with Crippen LogP contribution in [0.25, 0.3) is 0 Å². The fourth-order valence-corrected chi connectivity index (χ4v) is 10.5. The molecule has 0 N–H and O–H groups in total. The average molecular weight is 637 g/mol. The van der Waals surface area contributed by atoms with Gasteiger partial charge in [0.1, 0.15) is 25.8 Å². The van der Waals surface area contributed by atoms with Crippen LogP contribution in [0.3, 0.4) is 0 Å². The van der Waals surface area contributed by atoms with Crippen molar-refractivity contribution in [2.24, 2.45) is 5.41 Å². The average Bonchev–Trinajstić information content (AvgIpc) is 2.99. The standard InChI is InChI=1S/C30H34F6O4S2/c1-2-3-13-20-39-29(30(34,35)36,28(21-31,22-32)23-33)24-41(37,38)40-42(25-14-7-4-8-15-25,26-16-9-5-10-17-26)27-18-11-6-12-19-27/h4-12,14-19H,2-3,13,20-24H2,1H3. The molecule has 0 heterocycles. The maximum atomic E-state index is 14.9. The first kappa shape index (κ1) is 34.0. The number of hydrogen-bond donors (Lipinski definition) is 0. The molecule has 3 rings (SSSR count). The van der Waals surface area contributed by atoms with Crippen molar-refractivity contribution in [3.8, 4) is 0 Å². The lowest BCUT2D eigenvalue weighted by Gasteiger charge is -2.47. The molecule has 0 fully saturated rings. The van der Waals surface area contributed by atoms with Gasteiger partial charge in [0.25, 0.3) is 10.1 Å². The van der Waals surface area contributed by atoms with Crippen LogP contribution in [0.1, 0.15) is 26.2 Å². The lowest BCUT2D eigenvalue weighted by molar-refractivity contribution is -0.317. The number of rotatable bonds is 16. The summed E-state index contributed by atoms with van der Waals surface area (Å²) in [6.45, 7) is -5.40. The summed E-state index contributed by atoms with van der Waals surface area (Å²) in [4.78, 5) is 1.00. The molecule has 0 bridgehead atoms. The van der Waals surface area contributed by atoms with Gasteiger partial charge in [0.2, 0.25) is 0 Å². The second-order valence-electron chi connectivity index (χ2n) is 9.83. The van der Waals surface area contributed by atoms with Gasteiger partial charge in [0.05, 0.1) is 5.41 Å². The molecule has 232 valence electrons.